The van der Waals surface area contributed by atoms with Crippen LogP contribution in [0.3, 0.4) is 0 Å². The molecule has 0 radical (unpaired) electrons. The number of aryl methyl sites for hydroxylation is 1. The van der Waals surface area contributed by atoms with E-state index in [0.29, 0.717) is 30.4 Å². The predicted octanol–water partition coefficient (Wildman–Crippen LogP) is 3.71. The maximum Gasteiger partial charge on any atom is 0.275 e. The van der Waals surface area contributed by atoms with E-state index >= 15 is 0 Å². The highest BCUT2D eigenvalue weighted by atomic mass is 32.2. The molecule has 5 rings (SSSR count). The van der Waals surface area contributed by atoms with Gasteiger partial charge in [0.1, 0.15) is 17.1 Å². The lowest BCUT2D eigenvalue weighted by Crippen LogP contribution is -2.40. The number of rotatable bonds is 6. The van der Waals surface area contributed by atoms with E-state index in [1.807, 2.05) is 47.7 Å². The van der Waals surface area contributed by atoms with Gasteiger partial charge in [-0.05, 0) is 49.4 Å². The molecule has 35 heavy (non-hydrogen) atoms. The van der Waals surface area contributed by atoms with Gasteiger partial charge in [0.25, 0.3) is 5.91 Å². The number of anilines is 1. The van der Waals surface area contributed by atoms with Gasteiger partial charge in [0.05, 0.1) is 23.8 Å². The third kappa shape index (κ3) is 4.76. The molecular formula is C25H24N4O5S. The fourth-order valence-corrected chi connectivity index (χ4v) is 5.29. The summed E-state index contributed by atoms with van der Waals surface area (Å²) in [5.41, 5.74) is 1.99. The molecule has 1 fully saturated rings. The van der Waals surface area contributed by atoms with E-state index in [9.17, 15) is 13.2 Å². The Morgan fingerprint density at radius 2 is 1.80 bits per heavy atom. The molecule has 1 amide bonds. The van der Waals surface area contributed by atoms with Gasteiger partial charge in [-0.2, -0.15) is 4.31 Å². The summed E-state index contributed by atoms with van der Waals surface area (Å²) in [7, 11) is -3.77. The fourth-order valence-electron chi connectivity index (χ4n) is 3.85. The predicted molar refractivity (Wildman–Crippen MR) is 130 cm³/mol. The molecule has 0 bridgehead atoms. The summed E-state index contributed by atoms with van der Waals surface area (Å²) in [6, 6.07) is 19.1. The maximum atomic E-state index is 13.2. The third-order valence-corrected chi connectivity index (χ3v) is 7.60. The molecule has 2 aromatic carbocycles. The van der Waals surface area contributed by atoms with Gasteiger partial charge >= 0.3 is 0 Å². The summed E-state index contributed by atoms with van der Waals surface area (Å²) in [6.45, 7) is 3.14. The van der Waals surface area contributed by atoms with Gasteiger partial charge in [0, 0.05) is 25.0 Å². The number of hydrogen-bond acceptors (Lipinski definition) is 6. The zero-order valence-electron chi connectivity index (χ0n) is 19.0. The van der Waals surface area contributed by atoms with Gasteiger partial charge < -0.3 is 19.2 Å². The summed E-state index contributed by atoms with van der Waals surface area (Å²) in [5.74, 6) is 0.382. The Morgan fingerprint density at radius 1 is 1.03 bits per heavy atom. The molecule has 4 aromatic rings. The molecule has 0 unspecified atom stereocenters. The number of sulfonamides is 1. The second-order valence-corrected chi connectivity index (χ2v) is 10.0. The first-order valence-corrected chi connectivity index (χ1v) is 12.6. The largest absolute Gasteiger partial charge is 0.455 e. The minimum Gasteiger partial charge on any atom is -0.455 e. The number of benzene rings is 2. The van der Waals surface area contributed by atoms with Crippen LogP contribution < -0.4 is 10.1 Å². The van der Waals surface area contributed by atoms with Crippen molar-refractivity contribution in [1.82, 2.24) is 13.7 Å². The summed E-state index contributed by atoms with van der Waals surface area (Å²) < 4.78 is 40.9. The highest BCUT2D eigenvalue weighted by molar-refractivity contribution is 7.89. The van der Waals surface area contributed by atoms with E-state index in [1.165, 1.54) is 16.4 Å². The van der Waals surface area contributed by atoms with Crippen molar-refractivity contribution in [2.45, 2.75) is 11.8 Å². The molecule has 1 aliphatic heterocycles. The summed E-state index contributed by atoms with van der Waals surface area (Å²) in [6.07, 6.45) is 1.64. The van der Waals surface area contributed by atoms with Gasteiger partial charge in [0.15, 0.2) is 5.75 Å². The first-order chi connectivity index (χ1) is 16.9. The fraction of sp³-hybridized carbons (Fsp3) is 0.200. The SMILES string of the molecule is Cc1cccc2nc(C(=O)Nc3cc(S(=O)(=O)N4CCOCC4)ccc3Oc3ccccc3)cn12. The van der Waals surface area contributed by atoms with Crippen molar-refractivity contribution in [3.63, 3.8) is 0 Å². The van der Waals surface area contributed by atoms with Crippen LogP contribution in [-0.4, -0.2) is 54.3 Å². The van der Waals surface area contributed by atoms with E-state index in [1.54, 1.807) is 24.4 Å². The van der Waals surface area contributed by atoms with Gasteiger partial charge in [0.2, 0.25) is 10.0 Å². The number of aromatic nitrogens is 2. The number of carbonyl (C=O) groups is 1. The van der Waals surface area contributed by atoms with Gasteiger partial charge in [-0.15, -0.1) is 0 Å². The number of nitrogens with zero attached hydrogens (tertiary/aromatic N) is 3. The van der Waals surface area contributed by atoms with E-state index in [0.717, 1.165) is 5.69 Å². The van der Waals surface area contributed by atoms with Crippen LogP contribution in [0, 0.1) is 6.92 Å². The highest BCUT2D eigenvalue weighted by Crippen LogP contribution is 2.33. The Labute approximate surface area is 203 Å². The molecule has 1 aliphatic rings. The molecule has 0 spiro atoms. The van der Waals surface area contributed by atoms with E-state index in [4.69, 9.17) is 9.47 Å². The summed E-state index contributed by atoms with van der Waals surface area (Å²) in [5, 5.41) is 2.80. The second-order valence-electron chi connectivity index (χ2n) is 8.07. The van der Waals surface area contributed by atoms with E-state index in [-0.39, 0.29) is 29.4 Å². The van der Waals surface area contributed by atoms with Crippen LogP contribution in [0.5, 0.6) is 11.5 Å². The van der Waals surface area contributed by atoms with Crippen molar-refractivity contribution in [2.75, 3.05) is 31.6 Å². The number of pyridine rings is 1. The lowest BCUT2D eigenvalue weighted by molar-refractivity contribution is 0.0730. The Balaban J connectivity index is 1.50. The average Bonchev–Trinajstić information content (AvgIpc) is 3.32. The van der Waals surface area contributed by atoms with Crippen molar-refractivity contribution in [1.29, 1.82) is 0 Å². The molecule has 1 N–H and O–H groups in total. The van der Waals surface area contributed by atoms with E-state index in [2.05, 4.69) is 10.3 Å². The first kappa shape index (κ1) is 23.0. The lowest BCUT2D eigenvalue weighted by atomic mass is 10.2. The monoisotopic (exact) mass is 492 g/mol. The third-order valence-electron chi connectivity index (χ3n) is 5.71. The molecule has 0 atom stereocenters. The Kier molecular flexibility index (Phi) is 6.25. The number of morpholine rings is 1. The van der Waals surface area contributed by atoms with Gasteiger partial charge in [-0.3, -0.25) is 4.79 Å². The van der Waals surface area contributed by atoms with Crippen molar-refractivity contribution in [3.8, 4) is 11.5 Å². The van der Waals surface area contributed by atoms with Crippen LogP contribution >= 0.6 is 0 Å². The molecular weight excluding hydrogens is 468 g/mol. The quantitative estimate of drug-likeness (QED) is 0.440. The number of carbonyl (C=O) groups excluding carboxylic acids is 1. The topological polar surface area (TPSA) is 102 Å². The van der Waals surface area contributed by atoms with Crippen molar-refractivity contribution < 1.29 is 22.7 Å². The smallest absolute Gasteiger partial charge is 0.275 e. The Bertz CT molecular complexity index is 1480. The minimum atomic E-state index is -3.77. The maximum absolute atomic E-state index is 13.2. The molecule has 1 saturated heterocycles. The van der Waals surface area contributed by atoms with Crippen molar-refractivity contribution >= 4 is 27.3 Å². The number of amides is 1. The Morgan fingerprint density at radius 3 is 2.54 bits per heavy atom. The van der Waals surface area contributed by atoms with Crippen LogP contribution in [-0.2, 0) is 14.8 Å². The molecule has 0 saturated carbocycles. The molecule has 180 valence electrons. The normalized spacial score (nSPS) is 14.7. The van der Waals surface area contributed by atoms with Crippen LogP contribution in [0.25, 0.3) is 5.65 Å². The van der Waals surface area contributed by atoms with Gasteiger partial charge in [-0.1, -0.05) is 24.3 Å². The van der Waals surface area contributed by atoms with Crippen LogP contribution in [0.15, 0.2) is 77.8 Å². The first-order valence-electron chi connectivity index (χ1n) is 11.1. The number of hydrogen-bond donors (Lipinski definition) is 1. The number of nitrogens with one attached hydrogen (secondary N) is 1. The van der Waals surface area contributed by atoms with Crippen LogP contribution in [0.4, 0.5) is 5.69 Å². The number of fused-ring (bicyclic) bond motifs is 1. The molecule has 0 aliphatic carbocycles. The molecule has 3 heterocycles. The molecule has 2 aromatic heterocycles. The zero-order valence-corrected chi connectivity index (χ0v) is 19.9. The van der Waals surface area contributed by atoms with Crippen molar-refractivity contribution in [2.24, 2.45) is 0 Å². The number of para-hydroxylation sites is 1. The summed E-state index contributed by atoms with van der Waals surface area (Å²) >= 11 is 0. The van der Waals surface area contributed by atoms with E-state index < -0.39 is 15.9 Å². The zero-order chi connectivity index (χ0) is 24.4. The average molecular weight is 493 g/mol. The molecule has 10 heteroatoms. The lowest BCUT2D eigenvalue weighted by Gasteiger charge is -2.26. The van der Waals surface area contributed by atoms with Crippen LogP contribution in [0.2, 0.25) is 0 Å². The second kappa shape index (κ2) is 9.49. The van der Waals surface area contributed by atoms with Crippen molar-refractivity contribution in [3.05, 3.63) is 84.3 Å². The van der Waals surface area contributed by atoms with Crippen LogP contribution in [0.1, 0.15) is 16.2 Å². The van der Waals surface area contributed by atoms with Gasteiger partial charge in [-0.25, -0.2) is 13.4 Å². The minimum absolute atomic E-state index is 0.0564. The Hall–Kier alpha value is -3.73. The highest BCUT2D eigenvalue weighted by Gasteiger charge is 2.27. The number of ether oxygens (including phenoxy) is 2. The standard InChI is InChI=1S/C25H24N4O5S/c1-18-6-5-9-24-26-22(17-29(18)24)25(30)27-21-16-20(35(31,32)28-12-14-33-15-13-28)10-11-23(21)34-19-7-3-2-4-8-19/h2-11,16-17H,12-15H2,1H3,(H,27,30). The number of imidazole rings is 1. The molecule has 9 nitrogen and oxygen atoms in total. The summed E-state index contributed by atoms with van der Waals surface area (Å²) in [4.78, 5) is 17.6.